The summed E-state index contributed by atoms with van der Waals surface area (Å²) in [5.74, 6) is 0. The van der Waals surface area contributed by atoms with E-state index in [4.69, 9.17) is 23.3 Å². The fraction of sp³-hybridized carbons (Fsp3) is 0.0204. The maximum Gasteiger partial charge on any atom is 0.0636 e. The van der Waals surface area contributed by atoms with Crippen molar-refractivity contribution in [2.24, 2.45) is 0 Å². The average molecular weight is 645 g/mol. The predicted molar refractivity (Wildman–Crippen MR) is 209 cm³/mol. The molecule has 49 heavy (non-hydrogen) atoms. The van der Waals surface area contributed by atoms with E-state index in [0.717, 1.165) is 0 Å². The second-order valence-electron chi connectivity index (χ2n) is 11.4. The van der Waals surface area contributed by atoms with Crippen LogP contribution in [0.5, 0.6) is 0 Å². The second kappa shape index (κ2) is 11.2. The molecule has 0 nitrogen and oxygen atoms in total. The Balaban J connectivity index is 1.25. The van der Waals surface area contributed by atoms with Gasteiger partial charge in [-0.1, -0.05) is 163 Å². The van der Waals surface area contributed by atoms with Crippen molar-refractivity contribution in [1.82, 2.24) is 0 Å². The summed E-state index contributed by atoms with van der Waals surface area (Å²) in [7, 11) is 0. The molecule has 0 atom stereocenters. The molecule has 9 aromatic rings. The lowest BCUT2D eigenvalue weighted by Gasteiger charge is -2.18. The van der Waals surface area contributed by atoms with Gasteiger partial charge < -0.3 is 0 Å². The molecule has 1 aliphatic carbocycles. The first-order valence-electron chi connectivity index (χ1n) is 27.2. The fourth-order valence-corrected chi connectivity index (χ4v) is 6.61. The summed E-state index contributed by atoms with van der Waals surface area (Å²) in [6.07, 6.45) is -0.218. The Morgan fingerprint density at radius 2 is 0.898 bits per heavy atom. The maximum absolute atomic E-state index is 9.65. The maximum atomic E-state index is 9.65. The van der Waals surface area contributed by atoms with Gasteiger partial charge in [0, 0.05) is 0 Å². The molecule has 0 N–H and O–H groups in total. The van der Waals surface area contributed by atoms with E-state index in [1.165, 1.54) is 12.1 Å². The van der Waals surface area contributed by atoms with Crippen LogP contribution in [0.2, 0.25) is 0 Å². The molecule has 0 aliphatic heterocycles. The molecule has 228 valence electrons. The van der Waals surface area contributed by atoms with Gasteiger partial charge in [-0.05, 0) is 124 Å². The minimum absolute atomic E-state index is 0.00908. The molecule has 0 heterocycles. The van der Waals surface area contributed by atoms with E-state index in [2.05, 4.69) is 0 Å². The lowest BCUT2D eigenvalue weighted by Crippen LogP contribution is -1.91. The molecule has 9 aromatic carbocycles. The van der Waals surface area contributed by atoms with Crippen LogP contribution < -0.4 is 0 Å². The monoisotopic (exact) mass is 644 g/mol. The minimum atomic E-state index is -0.791. The Labute approximate surface area is 320 Å². The van der Waals surface area contributed by atoms with Gasteiger partial charge in [0.25, 0.3) is 0 Å². The Bertz CT molecular complexity index is 3960. The first-order chi connectivity index (χ1) is 34.3. The van der Waals surface area contributed by atoms with Gasteiger partial charge in [-0.3, -0.25) is 0 Å². The summed E-state index contributed by atoms with van der Waals surface area (Å²) in [5, 5.41) is -0.404. The van der Waals surface area contributed by atoms with Crippen LogP contribution in [0.4, 0.5) is 0 Å². The standard InChI is InChI=1S/C49H32/c1-3-12-32(13-4-1)41-21-11-16-39-30-38-26-24-37(31-46(38)48(39)41)35-22-23-36-29-40(27-25-34(36)28-35)49-44-19-9-7-17-42(44)47(33-14-5-2-6-15-33)43-18-8-10-20-45(43)49/h1-29,31H,30H2/i1D,2D,3D,4D,5D,6D,7D,8D,9D,10D,11D,12D,13D,14D,15D,16D,17D,18D,19D,20D,21D,24D,26D,31D. The van der Waals surface area contributed by atoms with Crippen molar-refractivity contribution >= 4 is 32.3 Å². The molecule has 0 saturated carbocycles. The predicted octanol–water partition coefficient (Wildman–Crippen LogP) is 13.4. The molecule has 0 fully saturated rings. The Kier molecular flexibility index (Phi) is 2.97. The van der Waals surface area contributed by atoms with Crippen LogP contribution in [0.15, 0.2) is 181 Å². The van der Waals surface area contributed by atoms with Gasteiger partial charge in [-0.2, -0.15) is 0 Å². The third-order valence-corrected chi connectivity index (χ3v) is 8.74. The highest BCUT2D eigenvalue weighted by molar-refractivity contribution is 6.21. The normalized spacial score (nSPS) is 18.9. The Morgan fingerprint density at radius 3 is 1.55 bits per heavy atom. The molecule has 1 aliphatic rings. The van der Waals surface area contributed by atoms with Gasteiger partial charge in [-0.15, -0.1) is 0 Å². The summed E-state index contributed by atoms with van der Waals surface area (Å²) in [5.41, 5.74) is -1.27. The topological polar surface area (TPSA) is 0 Å². The smallest absolute Gasteiger partial charge is 0.0622 e. The zero-order chi connectivity index (χ0) is 53.2. The highest BCUT2D eigenvalue weighted by atomic mass is 14.3. The van der Waals surface area contributed by atoms with E-state index in [-0.39, 0.29) is 96.2 Å². The Hall–Kier alpha value is -6.24. The molecule has 0 bridgehead atoms. The first-order valence-corrected chi connectivity index (χ1v) is 15.2. The molecule has 0 spiro atoms. The largest absolute Gasteiger partial charge is 0.0636 e. The molecule has 0 unspecified atom stereocenters. The van der Waals surface area contributed by atoms with Crippen LogP contribution in [0.25, 0.3) is 88.0 Å². The molecule has 0 saturated heterocycles. The van der Waals surface area contributed by atoms with Crippen LogP contribution >= 0.6 is 0 Å². The van der Waals surface area contributed by atoms with Gasteiger partial charge in [-0.25, -0.2) is 0 Å². The molecular formula is C49H32. The summed E-state index contributed by atoms with van der Waals surface area (Å²) < 4.78 is 212. The van der Waals surface area contributed by atoms with Crippen molar-refractivity contribution in [2.75, 3.05) is 0 Å². The van der Waals surface area contributed by atoms with Crippen LogP contribution in [-0.2, 0) is 6.42 Å². The Morgan fingerprint density at radius 1 is 0.347 bits per heavy atom. The zero-order valence-electron chi connectivity index (χ0n) is 49.2. The molecule has 0 radical (unpaired) electrons. The van der Waals surface area contributed by atoms with Crippen molar-refractivity contribution in [3.63, 3.8) is 0 Å². The van der Waals surface area contributed by atoms with E-state index in [9.17, 15) is 9.60 Å². The SMILES string of the molecule is [2H]c1c([2H])c([2H])c(-c2c([2H])c([2H])c([2H])c3c2-c2c([2H])c(-c4ccc5cc(-c6c7c([2H])c([2H])c([2H])c([2H])c7c(-c7c([2H])c([2H])c([2H])c([2H])c7[2H])c7c([2H])c([2H])c([2H])c([2H])c67)ccc5c4)c([2H])c([2H])c2C3)c([2H])c1[2H]. The van der Waals surface area contributed by atoms with Gasteiger partial charge in [0.1, 0.15) is 0 Å². The minimum Gasteiger partial charge on any atom is -0.0622 e. The number of rotatable bonds is 4. The summed E-state index contributed by atoms with van der Waals surface area (Å²) in [4.78, 5) is 0. The van der Waals surface area contributed by atoms with E-state index in [1.807, 2.05) is 0 Å². The van der Waals surface area contributed by atoms with Crippen molar-refractivity contribution in [3.05, 3.63) is 193 Å². The second-order valence-corrected chi connectivity index (χ2v) is 11.4. The third kappa shape index (κ3) is 4.53. The van der Waals surface area contributed by atoms with Gasteiger partial charge in [0.15, 0.2) is 0 Å². The molecule has 0 heteroatoms. The lowest BCUT2D eigenvalue weighted by atomic mass is 9.85. The quantitative estimate of drug-likeness (QED) is 0.167. The number of benzene rings is 9. The highest BCUT2D eigenvalue weighted by Gasteiger charge is 2.23. The molecular weight excluding hydrogens is 589 g/mol. The summed E-state index contributed by atoms with van der Waals surface area (Å²) in [6, 6.07) is -6.40. The number of fused-ring (bicyclic) bond motifs is 6. The lowest BCUT2D eigenvalue weighted by molar-refractivity contribution is 1.26. The van der Waals surface area contributed by atoms with Crippen LogP contribution in [0, 0.1) is 0 Å². The summed E-state index contributed by atoms with van der Waals surface area (Å²) >= 11 is 0. The molecule has 0 aromatic heterocycles. The van der Waals surface area contributed by atoms with Crippen LogP contribution in [0.1, 0.15) is 44.0 Å². The fourth-order valence-electron chi connectivity index (χ4n) is 6.61. The van der Waals surface area contributed by atoms with Gasteiger partial charge in [0.05, 0.1) is 32.9 Å². The van der Waals surface area contributed by atoms with Crippen molar-refractivity contribution in [2.45, 2.75) is 6.42 Å². The summed E-state index contributed by atoms with van der Waals surface area (Å²) in [6.45, 7) is 0. The average Bonchev–Trinajstić information content (AvgIpc) is 3.78. The molecule has 10 rings (SSSR count). The van der Waals surface area contributed by atoms with Crippen LogP contribution in [-0.4, -0.2) is 0 Å². The van der Waals surface area contributed by atoms with E-state index >= 15 is 0 Å². The number of hydrogen-bond acceptors (Lipinski definition) is 0. The first kappa shape index (κ1) is 13.0. The molecule has 0 amide bonds. The zero-order valence-corrected chi connectivity index (χ0v) is 25.2. The number of hydrogen-bond donors (Lipinski definition) is 0. The van der Waals surface area contributed by atoms with Crippen molar-refractivity contribution in [3.8, 4) is 55.6 Å². The van der Waals surface area contributed by atoms with Crippen molar-refractivity contribution < 1.29 is 32.9 Å². The highest BCUT2D eigenvalue weighted by Crippen LogP contribution is 2.46. The van der Waals surface area contributed by atoms with E-state index < -0.39 is 144 Å². The van der Waals surface area contributed by atoms with Gasteiger partial charge >= 0.3 is 0 Å². The van der Waals surface area contributed by atoms with E-state index in [0.29, 0.717) is 10.8 Å². The van der Waals surface area contributed by atoms with Gasteiger partial charge in [0.2, 0.25) is 0 Å². The third-order valence-electron chi connectivity index (χ3n) is 8.74. The van der Waals surface area contributed by atoms with E-state index in [1.54, 1.807) is 24.3 Å². The van der Waals surface area contributed by atoms with Crippen LogP contribution in [0.3, 0.4) is 0 Å². The van der Waals surface area contributed by atoms with Crippen molar-refractivity contribution in [1.29, 1.82) is 0 Å².